The molecular weight excluding hydrogens is 368 g/mol. The van der Waals surface area contributed by atoms with E-state index in [1.54, 1.807) is 10.9 Å². The Labute approximate surface area is 168 Å². The highest BCUT2D eigenvalue weighted by Gasteiger charge is 2.19. The minimum Gasteiger partial charge on any atom is -0.382 e. The zero-order valence-corrected chi connectivity index (χ0v) is 16.2. The number of imidazole rings is 1. The summed E-state index contributed by atoms with van der Waals surface area (Å²) < 4.78 is 7.19. The maximum Gasteiger partial charge on any atom is 0.165 e. The molecule has 0 amide bonds. The van der Waals surface area contributed by atoms with E-state index >= 15 is 0 Å². The molecule has 3 aromatic rings. The van der Waals surface area contributed by atoms with E-state index in [1.165, 1.54) is 0 Å². The van der Waals surface area contributed by atoms with Gasteiger partial charge in [-0.15, -0.1) is 0 Å². The van der Waals surface area contributed by atoms with E-state index in [0.717, 1.165) is 35.4 Å². The van der Waals surface area contributed by atoms with Crippen molar-refractivity contribution in [2.75, 3.05) is 36.6 Å². The first-order chi connectivity index (χ1) is 14.2. The van der Waals surface area contributed by atoms with Gasteiger partial charge < -0.3 is 19.9 Å². The maximum atomic E-state index is 9.10. The number of hydrazone groups is 1. The summed E-state index contributed by atoms with van der Waals surface area (Å²) in [4.78, 5) is 11.3. The Hall–Kier alpha value is -3.64. The lowest BCUT2D eigenvalue weighted by Crippen LogP contribution is -2.36. The second-order valence-corrected chi connectivity index (χ2v) is 6.81. The predicted octanol–water partition coefficient (Wildman–Crippen LogP) is 1.83. The molecule has 29 heavy (non-hydrogen) atoms. The minimum atomic E-state index is 0.171. The lowest BCUT2D eigenvalue weighted by atomic mass is 10.1. The quantitative estimate of drug-likeness (QED) is 0.388. The number of pyridine rings is 1. The van der Waals surface area contributed by atoms with Gasteiger partial charge in [0.05, 0.1) is 31.3 Å². The molecule has 1 fully saturated rings. The highest BCUT2D eigenvalue weighted by atomic mass is 16.5. The van der Waals surface area contributed by atoms with Crippen LogP contribution in [0.3, 0.4) is 0 Å². The van der Waals surface area contributed by atoms with Crippen molar-refractivity contribution < 1.29 is 4.74 Å². The fourth-order valence-corrected chi connectivity index (χ4v) is 3.30. The normalized spacial score (nSPS) is 14.8. The number of morpholine rings is 1. The number of fused-ring (bicyclic) bond motifs is 1. The fourth-order valence-electron chi connectivity index (χ4n) is 3.30. The van der Waals surface area contributed by atoms with Crippen LogP contribution in [0.2, 0.25) is 0 Å². The first-order valence-electron chi connectivity index (χ1n) is 9.37. The van der Waals surface area contributed by atoms with E-state index in [4.69, 9.17) is 15.7 Å². The van der Waals surface area contributed by atoms with Crippen LogP contribution in [0.1, 0.15) is 11.1 Å². The van der Waals surface area contributed by atoms with Crippen LogP contribution in [0.5, 0.6) is 0 Å². The molecule has 0 bridgehead atoms. The molecular formula is C20H22N8O. The third-order valence-corrected chi connectivity index (χ3v) is 4.75. The summed E-state index contributed by atoms with van der Waals surface area (Å²) in [6.07, 6.45) is 1.64. The molecule has 0 radical (unpaired) electrons. The zero-order valence-electron chi connectivity index (χ0n) is 16.2. The molecule has 3 heterocycles. The van der Waals surface area contributed by atoms with E-state index in [2.05, 4.69) is 31.5 Å². The number of nitriles is 1. The van der Waals surface area contributed by atoms with E-state index in [9.17, 15) is 0 Å². The number of nitrogens with two attached hydrogens (primary N) is 1. The number of ether oxygens (including phenoxy) is 1. The number of hydrogen-bond acceptors (Lipinski definition) is 7. The molecule has 0 aliphatic carbocycles. The van der Waals surface area contributed by atoms with Crippen LogP contribution in [0.25, 0.3) is 11.2 Å². The molecule has 9 nitrogen and oxygen atoms in total. The summed E-state index contributed by atoms with van der Waals surface area (Å²) in [5.41, 5.74) is 13.4. The Morgan fingerprint density at radius 1 is 1.34 bits per heavy atom. The lowest BCUT2D eigenvalue weighted by molar-refractivity contribution is 0.123. The van der Waals surface area contributed by atoms with E-state index in [-0.39, 0.29) is 6.54 Å². The van der Waals surface area contributed by atoms with Gasteiger partial charge in [0.1, 0.15) is 12.1 Å². The van der Waals surface area contributed by atoms with Crippen molar-refractivity contribution in [3.63, 3.8) is 0 Å². The zero-order chi connectivity index (χ0) is 20.2. The fraction of sp³-hybridized carbons (Fsp3) is 0.300. The number of amidine groups is 1. The Morgan fingerprint density at radius 3 is 2.93 bits per heavy atom. The third-order valence-electron chi connectivity index (χ3n) is 4.75. The van der Waals surface area contributed by atoms with Crippen molar-refractivity contribution in [3.8, 4) is 6.07 Å². The molecule has 1 saturated heterocycles. The summed E-state index contributed by atoms with van der Waals surface area (Å²) in [6.45, 7) is 5.01. The largest absolute Gasteiger partial charge is 0.382 e. The van der Waals surface area contributed by atoms with Crippen molar-refractivity contribution >= 4 is 28.5 Å². The van der Waals surface area contributed by atoms with Crippen molar-refractivity contribution in [2.45, 2.75) is 13.5 Å². The SMILES string of the molecule is Cc1cccc(/C(N)=N/Nc2cc(N3CCOCC3)c3ncn(CC#N)c3n2)c1. The molecule has 4 rings (SSSR count). The smallest absolute Gasteiger partial charge is 0.165 e. The second kappa shape index (κ2) is 8.16. The van der Waals surface area contributed by atoms with Gasteiger partial charge in [-0.05, 0) is 13.0 Å². The summed E-state index contributed by atoms with van der Waals surface area (Å²) in [5.74, 6) is 0.906. The molecule has 1 aliphatic heterocycles. The molecule has 148 valence electrons. The third kappa shape index (κ3) is 3.97. The number of hydrogen-bond donors (Lipinski definition) is 2. The number of benzene rings is 1. The minimum absolute atomic E-state index is 0.171. The van der Waals surface area contributed by atoms with Crippen molar-refractivity contribution in [1.82, 2.24) is 14.5 Å². The summed E-state index contributed by atoms with van der Waals surface area (Å²) >= 11 is 0. The first-order valence-corrected chi connectivity index (χ1v) is 9.37. The molecule has 0 atom stereocenters. The maximum absolute atomic E-state index is 9.10. The number of nitrogens with zero attached hydrogens (tertiary/aromatic N) is 6. The van der Waals surface area contributed by atoms with Gasteiger partial charge in [0, 0.05) is 24.7 Å². The van der Waals surface area contributed by atoms with Gasteiger partial charge in [-0.1, -0.05) is 23.8 Å². The van der Waals surface area contributed by atoms with E-state index in [0.29, 0.717) is 30.5 Å². The van der Waals surface area contributed by atoms with Crippen LogP contribution in [0.4, 0.5) is 11.5 Å². The molecule has 0 spiro atoms. The first kappa shape index (κ1) is 18.7. The Kier molecular flexibility index (Phi) is 5.27. The monoisotopic (exact) mass is 390 g/mol. The van der Waals surface area contributed by atoms with Gasteiger partial charge >= 0.3 is 0 Å². The number of aromatic nitrogens is 3. The average Bonchev–Trinajstić information content (AvgIpc) is 3.15. The molecule has 2 aromatic heterocycles. The lowest BCUT2D eigenvalue weighted by Gasteiger charge is -2.29. The van der Waals surface area contributed by atoms with E-state index in [1.807, 2.05) is 37.3 Å². The van der Waals surface area contributed by atoms with Crippen LogP contribution >= 0.6 is 0 Å². The summed E-state index contributed by atoms with van der Waals surface area (Å²) in [6, 6.07) is 11.9. The molecule has 1 aromatic carbocycles. The topological polar surface area (TPSA) is 117 Å². The van der Waals surface area contributed by atoms with Crippen LogP contribution < -0.4 is 16.1 Å². The molecule has 0 unspecified atom stereocenters. The Morgan fingerprint density at radius 2 is 2.17 bits per heavy atom. The number of aryl methyl sites for hydroxylation is 1. The molecule has 0 saturated carbocycles. The number of anilines is 2. The van der Waals surface area contributed by atoms with Gasteiger partial charge in [-0.25, -0.2) is 9.97 Å². The highest BCUT2D eigenvalue weighted by Crippen LogP contribution is 2.28. The van der Waals surface area contributed by atoms with Crippen molar-refractivity contribution in [3.05, 3.63) is 47.8 Å². The predicted molar refractivity (Wildman–Crippen MR) is 112 cm³/mol. The summed E-state index contributed by atoms with van der Waals surface area (Å²) in [5, 5.41) is 13.4. The van der Waals surface area contributed by atoms with Gasteiger partial charge in [0.2, 0.25) is 0 Å². The van der Waals surface area contributed by atoms with Crippen LogP contribution in [0.15, 0.2) is 41.8 Å². The Balaban J connectivity index is 1.70. The Bertz CT molecular complexity index is 1090. The molecule has 9 heteroatoms. The van der Waals surface area contributed by atoms with Gasteiger partial charge in [0.15, 0.2) is 17.3 Å². The highest BCUT2D eigenvalue weighted by molar-refractivity contribution is 5.98. The van der Waals surface area contributed by atoms with Gasteiger partial charge in [-0.2, -0.15) is 10.4 Å². The van der Waals surface area contributed by atoms with Crippen LogP contribution in [-0.2, 0) is 11.3 Å². The van der Waals surface area contributed by atoms with Crippen LogP contribution in [-0.4, -0.2) is 46.7 Å². The molecule has 1 aliphatic rings. The standard InChI is InChI=1S/C20H22N8O/c1-14-3-2-4-15(11-14)19(22)26-25-17-12-16(27-7-9-29-10-8-27)18-20(24-17)28(6-5-21)13-23-18/h2-4,11-13H,6-10H2,1H3,(H2,22,26)(H,24,25). The second-order valence-electron chi connectivity index (χ2n) is 6.81. The van der Waals surface area contributed by atoms with Gasteiger partial charge in [0.25, 0.3) is 0 Å². The number of nitrogens with one attached hydrogen (secondary N) is 1. The number of rotatable bonds is 5. The van der Waals surface area contributed by atoms with E-state index < -0.39 is 0 Å². The van der Waals surface area contributed by atoms with Crippen molar-refractivity contribution in [2.24, 2.45) is 10.8 Å². The van der Waals surface area contributed by atoms with Gasteiger partial charge in [-0.3, -0.25) is 5.43 Å². The van der Waals surface area contributed by atoms with Crippen LogP contribution in [0, 0.1) is 18.3 Å². The average molecular weight is 390 g/mol. The summed E-state index contributed by atoms with van der Waals surface area (Å²) in [7, 11) is 0. The van der Waals surface area contributed by atoms with Crippen molar-refractivity contribution in [1.29, 1.82) is 5.26 Å². The molecule has 3 N–H and O–H groups in total.